The van der Waals surface area contributed by atoms with E-state index in [0.717, 1.165) is 17.7 Å². The Balaban J connectivity index is 1.91. The predicted molar refractivity (Wildman–Crippen MR) is 135 cm³/mol. The van der Waals surface area contributed by atoms with E-state index in [1.165, 1.54) is 0 Å². The lowest BCUT2D eigenvalue weighted by Crippen LogP contribution is -2.38. The molecular weight excluding hydrogens is 426 g/mol. The van der Waals surface area contributed by atoms with E-state index < -0.39 is 6.04 Å². The molecule has 0 N–H and O–H groups in total. The fourth-order valence-corrected chi connectivity index (χ4v) is 4.25. The van der Waals surface area contributed by atoms with Crippen LogP contribution in [-0.4, -0.2) is 34.0 Å². The minimum atomic E-state index is -0.449. The highest BCUT2D eigenvalue weighted by molar-refractivity contribution is 5.95. The van der Waals surface area contributed by atoms with Crippen molar-refractivity contribution in [3.8, 4) is 11.4 Å². The molecule has 1 aromatic heterocycles. The number of methoxy groups -OCH3 is 1. The molecule has 0 aliphatic rings. The van der Waals surface area contributed by atoms with Gasteiger partial charge in [0.25, 0.3) is 11.5 Å². The third kappa shape index (κ3) is 4.31. The summed E-state index contributed by atoms with van der Waals surface area (Å²) < 4.78 is 6.97. The molecule has 3 aromatic carbocycles. The summed E-state index contributed by atoms with van der Waals surface area (Å²) in [7, 11) is 1.58. The minimum absolute atomic E-state index is 0.132. The molecular formula is C28H29N3O3. The van der Waals surface area contributed by atoms with Crippen molar-refractivity contribution in [2.75, 3.05) is 13.7 Å². The summed E-state index contributed by atoms with van der Waals surface area (Å²) in [6.45, 7) is 6.45. The summed E-state index contributed by atoms with van der Waals surface area (Å²) in [6.07, 6.45) is 0.766. The van der Waals surface area contributed by atoms with Gasteiger partial charge in [-0.1, -0.05) is 43.3 Å². The van der Waals surface area contributed by atoms with Gasteiger partial charge in [0.05, 0.1) is 29.7 Å². The molecule has 1 unspecified atom stereocenters. The van der Waals surface area contributed by atoms with Crippen LogP contribution in [0.1, 0.15) is 48.1 Å². The molecule has 0 saturated heterocycles. The molecule has 0 aliphatic heterocycles. The van der Waals surface area contributed by atoms with Crippen molar-refractivity contribution in [2.24, 2.45) is 0 Å². The molecule has 1 amide bonds. The van der Waals surface area contributed by atoms with Crippen LogP contribution >= 0.6 is 0 Å². The van der Waals surface area contributed by atoms with Gasteiger partial charge in [-0.3, -0.25) is 14.2 Å². The zero-order valence-electron chi connectivity index (χ0n) is 20.0. The first-order valence-corrected chi connectivity index (χ1v) is 11.5. The van der Waals surface area contributed by atoms with Crippen LogP contribution in [0.5, 0.6) is 5.75 Å². The van der Waals surface area contributed by atoms with Gasteiger partial charge in [0.15, 0.2) is 0 Å². The fraction of sp³-hybridized carbons (Fsp3) is 0.250. The van der Waals surface area contributed by atoms with E-state index in [2.05, 4.69) is 0 Å². The van der Waals surface area contributed by atoms with Crippen LogP contribution in [0.15, 0.2) is 77.6 Å². The van der Waals surface area contributed by atoms with Gasteiger partial charge < -0.3 is 9.64 Å². The topological polar surface area (TPSA) is 64.4 Å². The van der Waals surface area contributed by atoms with Crippen molar-refractivity contribution in [1.29, 1.82) is 0 Å². The summed E-state index contributed by atoms with van der Waals surface area (Å²) in [5.74, 6) is 1.02. The lowest BCUT2D eigenvalue weighted by molar-refractivity contribution is 0.0681. The number of hydrogen-bond acceptors (Lipinski definition) is 4. The molecule has 1 atom stereocenters. The SMILES string of the molecule is CCCN(C(=O)c1cccc(OC)c1)C(C)c1nc2ccccc2c(=O)n1-c1ccccc1C. The number of carbonyl (C=O) groups is 1. The number of fused-ring (bicyclic) bond motifs is 1. The van der Waals surface area contributed by atoms with Crippen molar-refractivity contribution in [1.82, 2.24) is 14.5 Å². The van der Waals surface area contributed by atoms with Gasteiger partial charge in [0.1, 0.15) is 11.6 Å². The molecule has 174 valence electrons. The van der Waals surface area contributed by atoms with Crippen molar-refractivity contribution < 1.29 is 9.53 Å². The Bertz CT molecular complexity index is 1390. The number of hydrogen-bond donors (Lipinski definition) is 0. The van der Waals surface area contributed by atoms with Gasteiger partial charge in [0, 0.05) is 12.1 Å². The minimum Gasteiger partial charge on any atom is -0.497 e. The number of ether oxygens (including phenoxy) is 1. The summed E-state index contributed by atoms with van der Waals surface area (Å²) in [4.78, 5) is 34.0. The van der Waals surface area contributed by atoms with E-state index >= 15 is 0 Å². The first-order valence-electron chi connectivity index (χ1n) is 11.5. The second-order valence-electron chi connectivity index (χ2n) is 8.32. The van der Waals surface area contributed by atoms with Gasteiger partial charge in [-0.15, -0.1) is 0 Å². The van der Waals surface area contributed by atoms with E-state index in [-0.39, 0.29) is 11.5 Å². The molecule has 0 spiro atoms. The molecule has 0 radical (unpaired) electrons. The van der Waals surface area contributed by atoms with Crippen molar-refractivity contribution in [3.05, 3.63) is 100 Å². The number of carbonyl (C=O) groups excluding carboxylic acids is 1. The van der Waals surface area contributed by atoms with Gasteiger partial charge in [-0.25, -0.2) is 4.98 Å². The zero-order valence-corrected chi connectivity index (χ0v) is 20.0. The molecule has 0 fully saturated rings. The highest BCUT2D eigenvalue weighted by Crippen LogP contribution is 2.26. The molecule has 1 heterocycles. The Morgan fingerprint density at radius 1 is 1.06 bits per heavy atom. The lowest BCUT2D eigenvalue weighted by atomic mass is 10.1. The first-order chi connectivity index (χ1) is 16.5. The normalized spacial score (nSPS) is 11.9. The van der Waals surface area contributed by atoms with Crippen LogP contribution in [0.25, 0.3) is 16.6 Å². The summed E-state index contributed by atoms with van der Waals surface area (Å²) in [6, 6.07) is 21.7. The van der Waals surface area contributed by atoms with Gasteiger partial charge in [0.2, 0.25) is 0 Å². The number of para-hydroxylation sites is 2. The Kier molecular flexibility index (Phi) is 6.77. The fourth-order valence-electron chi connectivity index (χ4n) is 4.25. The Morgan fingerprint density at radius 2 is 1.79 bits per heavy atom. The lowest BCUT2D eigenvalue weighted by Gasteiger charge is -2.30. The van der Waals surface area contributed by atoms with Crippen molar-refractivity contribution >= 4 is 16.8 Å². The molecule has 34 heavy (non-hydrogen) atoms. The number of rotatable bonds is 7. The van der Waals surface area contributed by atoms with Crippen LogP contribution in [0.4, 0.5) is 0 Å². The standard InChI is InChI=1S/C28H29N3O3/c1-5-17-30(27(32)21-12-10-13-22(18-21)34-4)20(3)26-29-24-15-8-7-14-23(24)28(33)31(26)25-16-9-6-11-19(25)2/h6-16,18,20H,5,17H2,1-4H3. The Hall–Kier alpha value is -3.93. The van der Waals surface area contributed by atoms with Crippen LogP contribution in [0.3, 0.4) is 0 Å². The zero-order chi connectivity index (χ0) is 24.2. The predicted octanol–water partition coefficient (Wildman–Crippen LogP) is 5.32. The average Bonchev–Trinajstić information content (AvgIpc) is 2.87. The average molecular weight is 456 g/mol. The summed E-state index contributed by atoms with van der Waals surface area (Å²) in [5, 5.41) is 0.544. The van der Waals surface area contributed by atoms with E-state index in [1.54, 1.807) is 40.8 Å². The van der Waals surface area contributed by atoms with Crippen LogP contribution in [-0.2, 0) is 0 Å². The number of nitrogens with zero attached hydrogens (tertiary/aromatic N) is 3. The Labute approximate surface area is 199 Å². The molecule has 4 aromatic rings. The molecule has 0 saturated carbocycles. The maximum absolute atomic E-state index is 13.7. The summed E-state index contributed by atoms with van der Waals surface area (Å²) in [5.41, 5.74) is 2.72. The second kappa shape index (κ2) is 9.91. The number of aromatic nitrogens is 2. The van der Waals surface area contributed by atoms with Gasteiger partial charge >= 0.3 is 0 Å². The van der Waals surface area contributed by atoms with Gasteiger partial charge in [-0.2, -0.15) is 0 Å². The van der Waals surface area contributed by atoms with Crippen molar-refractivity contribution in [3.63, 3.8) is 0 Å². The monoisotopic (exact) mass is 455 g/mol. The molecule has 6 heteroatoms. The molecule has 0 bridgehead atoms. The highest BCUT2D eigenvalue weighted by Gasteiger charge is 2.27. The maximum atomic E-state index is 13.7. The van der Waals surface area contributed by atoms with Crippen LogP contribution < -0.4 is 10.3 Å². The van der Waals surface area contributed by atoms with E-state index in [9.17, 15) is 9.59 Å². The quantitative estimate of drug-likeness (QED) is 0.379. The molecule has 0 aliphatic carbocycles. The summed E-state index contributed by atoms with van der Waals surface area (Å²) >= 11 is 0. The van der Waals surface area contributed by atoms with Crippen LogP contribution in [0, 0.1) is 6.92 Å². The Morgan fingerprint density at radius 3 is 2.53 bits per heavy atom. The molecule has 6 nitrogen and oxygen atoms in total. The van der Waals surface area contributed by atoms with E-state index in [4.69, 9.17) is 9.72 Å². The second-order valence-corrected chi connectivity index (χ2v) is 8.32. The van der Waals surface area contributed by atoms with E-state index in [1.807, 2.05) is 69.3 Å². The molecule has 4 rings (SSSR count). The van der Waals surface area contributed by atoms with Crippen LogP contribution in [0.2, 0.25) is 0 Å². The highest BCUT2D eigenvalue weighted by atomic mass is 16.5. The third-order valence-electron chi connectivity index (χ3n) is 6.04. The third-order valence-corrected chi connectivity index (χ3v) is 6.04. The first kappa shape index (κ1) is 23.2. The van der Waals surface area contributed by atoms with E-state index in [0.29, 0.717) is 34.6 Å². The van der Waals surface area contributed by atoms with Crippen molar-refractivity contribution in [2.45, 2.75) is 33.2 Å². The van der Waals surface area contributed by atoms with Gasteiger partial charge in [-0.05, 0) is 62.2 Å². The smallest absolute Gasteiger partial charge is 0.266 e. The number of amides is 1. The largest absolute Gasteiger partial charge is 0.497 e. The number of benzene rings is 3. The maximum Gasteiger partial charge on any atom is 0.266 e. The number of aryl methyl sites for hydroxylation is 1.